The summed E-state index contributed by atoms with van der Waals surface area (Å²) < 4.78 is 77.6. The molecule has 0 saturated heterocycles. The van der Waals surface area contributed by atoms with E-state index in [2.05, 4.69) is 0 Å². The first kappa shape index (κ1) is 36.5. The SMILES string of the molecule is [K+].[Li+].[Na+].[O]=[Ta](=[O])[O-].[O]=[Ta](=[O])[O-].[O]=[Ta](=[O])[O-]. The fourth-order valence-corrected chi connectivity index (χ4v) is 0. The van der Waals surface area contributed by atoms with Gasteiger partial charge < -0.3 is 0 Å². The molecule has 0 radical (unpaired) electrons. The fourth-order valence-electron chi connectivity index (χ4n) is 0. The Morgan fingerprint density at radius 1 is 0.600 bits per heavy atom. The molecule has 0 heterocycles. The Labute approximate surface area is 182 Å². The molecule has 0 aliphatic heterocycles. The quantitative estimate of drug-likeness (QED) is 0.218. The van der Waals surface area contributed by atoms with Crippen molar-refractivity contribution in [1.82, 2.24) is 0 Å². The van der Waals surface area contributed by atoms with Gasteiger partial charge in [-0.2, -0.15) is 0 Å². The maximum atomic E-state index is 8.62. The zero-order valence-corrected chi connectivity index (χ0v) is 22.8. The van der Waals surface area contributed by atoms with Gasteiger partial charge in [0.2, 0.25) is 0 Å². The zero-order chi connectivity index (χ0) is 10.7. The summed E-state index contributed by atoms with van der Waals surface area (Å²) >= 11 is -13.0. The van der Waals surface area contributed by atoms with Crippen LogP contribution in [-0.2, 0) is 75.9 Å². The second kappa shape index (κ2) is 30.9. The summed E-state index contributed by atoms with van der Waals surface area (Å²) in [7, 11) is 0. The number of hydrogen-bond acceptors (Lipinski definition) is 9. The minimum absolute atomic E-state index is 0. The van der Waals surface area contributed by atoms with Crippen LogP contribution in [0, 0.1) is 0 Å². The van der Waals surface area contributed by atoms with Crippen molar-refractivity contribution in [3.63, 3.8) is 0 Å². The van der Waals surface area contributed by atoms with E-state index in [9.17, 15) is 0 Å². The van der Waals surface area contributed by atoms with Crippen LogP contribution in [0.15, 0.2) is 0 Å². The van der Waals surface area contributed by atoms with Gasteiger partial charge in [0.05, 0.1) is 0 Å². The van der Waals surface area contributed by atoms with E-state index in [1.54, 1.807) is 0 Å². The van der Waals surface area contributed by atoms with Gasteiger partial charge in [-0.05, 0) is 0 Å². The molecule has 0 aromatic rings. The standard InChI is InChI=1S/K.Li.Na.9O.3Ta/q3*+1;;;;;;;3*-1;;;. The Balaban J connectivity index is -0.0000000184. The molecule has 0 aliphatic rings. The third-order valence-corrected chi connectivity index (χ3v) is 0. The summed E-state index contributed by atoms with van der Waals surface area (Å²) in [5.41, 5.74) is 0. The van der Waals surface area contributed by atoms with Gasteiger partial charge in [-0.3, -0.25) is 0 Å². The van der Waals surface area contributed by atoms with E-state index in [1.807, 2.05) is 0 Å². The Hall–Kier alpha value is 4.13. The number of rotatable bonds is 0. The molecule has 15 heteroatoms. The molecule has 0 spiro atoms. The molecule has 15 heavy (non-hydrogen) atoms. The van der Waals surface area contributed by atoms with Crippen LogP contribution < -0.4 is 111 Å². The molecule has 0 aromatic heterocycles. The Morgan fingerprint density at radius 3 is 0.600 bits per heavy atom. The van der Waals surface area contributed by atoms with Crippen molar-refractivity contribution in [1.29, 1.82) is 0 Å². The summed E-state index contributed by atoms with van der Waals surface area (Å²) in [5.74, 6) is 0. The van der Waals surface area contributed by atoms with Crippen LogP contribution in [0.25, 0.3) is 0 Å². The predicted molar refractivity (Wildman–Crippen MR) is 4.12 cm³/mol. The van der Waals surface area contributed by atoms with E-state index < -0.39 is 56.4 Å². The summed E-state index contributed by atoms with van der Waals surface area (Å²) in [5, 5.41) is 0. The van der Waals surface area contributed by atoms with Crippen molar-refractivity contribution >= 4 is 0 Å². The van der Waals surface area contributed by atoms with Gasteiger partial charge in [-0.1, -0.05) is 0 Å². The van der Waals surface area contributed by atoms with Gasteiger partial charge in [0.25, 0.3) is 0 Å². The van der Waals surface area contributed by atoms with E-state index in [1.165, 1.54) is 0 Å². The van der Waals surface area contributed by atoms with Gasteiger partial charge in [-0.15, -0.1) is 0 Å². The second-order valence-electron chi connectivity index (χ2n) is 0.671. The minimum atomic E-state index is -4.34. The predicted octanol–water partition coefficient (Wildman–Crippen LogP) is -13.3. The van der Waals surface area contributed by atoms with Crippen LogP contribution >= 0.6 is 0 Å². The van der Waals surface area contributed by atoms with Crippen LogP contribution in [0.2, 0.25) is 0 Å². The Morgan fingerprint density at radius 2 is 0.600 bits per heavy atom. The fraction of sp³-hybridized carbons (Fsp3) is 0. The molecule has 0 unspecified atom stereocenters. The summed E-state index contributed by atoms with van der Waals surface area (Å²) in [6.45, 7) is 0. The monoisotopic (exact) mass is 756 g/mol. The van der Waals surface area contributed by atoms with Gasteiger partial charge in [0.15, 0.2) is 0 Å². The first-order valence-electron chi connectivity index (χ1n) is 1.64. The summed E-state index contributed by atoms with van der Waals surface area (Å²) in [6.07, 6.45) is 0. The molecular weight excluding hydrogens is 756 g/mol. The van der Waals surface area contributed by atoms with E-state index in [4.69, 9.17) is 30.3 Å². The molecule has 0 saturated carbocycles. The van der Waals surface area contributed by atoms with Gasteiger partial charge in [-0.25, -0.2) is 0 Å². The van der Waals surface area contributed by atoms with E-state index in [0.29, 0.717) is 0 Å². The second-order valence-corrected chi connectivity index (χ2v) is 5.49. The van der Waals surface area contributed by atoms with Crippen LogP contribution in [0.3, 0.4) is 0 Å². The van der Waals surface area contributed by atoms with Gasteiger partial charge in [0.1, 0.15) is 0 Å². The molecule has 0 bridgehead atoms. The van der Waals surface area contributed by atoms with E-state index in [-0.39, 0.29) is 99.8 Å². The average Bonchev–Trinajstić information content (AvgIpc) is 1.54. The first-order valence-corrected chi connectivity index (χ1v) is 13.4. The van der Waals surface area contributed by atoms with Crippen molar-refractivity contribution in [2.24, 2.45) is 0 Å². The topological polar surface area (TPSA) is 172 Å². The van der Waals surface area contributed by atoms with Crippen molar-refractivity contribution in [3.8, 4) is 0 Å². The molecule has 0 fully saturated rings. The molecule has 0 rings (SSSR count). The van der Waals surface area contributed by atoms with Gasteiger partial charge >= 0.3 is 187 Å². The third kappa shape index (κ3) is 276. The number of hydrogen-bond donors (Lipinski definition) is 0. The van der Waals surface area contributed by atoms with Crippen LogP contribution in [0.4, 0.5) is 0 Å². The molecule has 0 N–H and O–H groups in total. The van der Waals surface area contributed by atoms with Crippen molar-refractivity contribution in [2.75, 3.05) is 0 Å². The van der Waals surface area contributed by atoms with Crippen LogP contribution in [-0.4, -0.2) is 0 Å². The zero-order valence-electron chi connectivity index (χ0n) is 8.02. The molecule has 0 atom stereocenters. The van der Waals surface area contributed by atoms with E-state index >= 15 is 0 Å². The van der Waals surface area contributed by atoms with Crippen LogP contribution in [0.5, 0.6) is 0 Å². The third-order valence-electron chi connectivity index (χ3n) is 0. The maximum absolute atomic E-state index is 8.62. The molecule has 9 nitrogen and oxygen atoms in total. The summed E-state index contributed by atoms with van der Waals surface area (Å²) in [6, 6.07) is 0. The molecular formula is KLiNaO9Ta3. The van der Waals surface area contributed by atoms with Gasteiger partial charge in [0, 0.05) is 0 Å². The molecule has 0 aromatic carbocycles. The normalized spacial score (nSPS) is 5.00. The molecule has 0 amide bonds. The Bertz CT molecular complexity index is 218. The Kier molecular flexibility index (Phi) is 75.0. The summed E-state index contributed by atoms with van der Waals surface area (Å²) in [4.78, 5) is 0. The molecule has 72 valence electrons. The van der Waals surface area contributed by atoms with Crippen molar-refractivity contribution in [2.45, 2.75) is 0 Å². The average molecular weight is 756 g/mol. The van der Waals surface area contributed by atoms with E-state index in [0.717, 1.165) is 0 Å². The van der Waals surface area contributed by atoms with Crippen molar-refractivity contribution in [3.05, 3.63) is 0 Å². The first-order chi connectivity index (χ1) is 5.20. The van der Waals surface area contributed by atoms with Crippen LogP contribution in [0.1, 0.15) is 0 Å². The van der Waals surface area contributed by atoms with Crippen molar-refractivity contribution < 1.29 is 187 Å². The molecule has 0 aliphatic carbocycles.